The lowest BCUT2D eigenvalue weighted by Crippen LogP contribution is -2.22. The summed E-state index contributed by atoms with van der Waals surface area (Å²) in [5.41, 5.74) is 1.39. The molecule has 3 heteroatoms. The van der Waals surface area contributed by atoms with Crippen LogP contribution in [-0.2, 0) is 9.30 Å². The van der Waals surface area contributed by atoms with Gasteiger partial charge in [0.1, 0.15) is 7.14 Å². The van der Waals surface area contributed by atoms with Crippen LogP contribution in [0.2, 0.25) is 0 Å². The Morgan fingerprint density at radius 1 is 1.00 bits per heavy atom. The molecule has 0 unspecified atom stereocenters. The van der Waals surface area contributed by atoms with Gasteiger partial charge < -0.3 is 9.30 Å². The normalized spacial score (nSPS) is 22.9. The van der Waals surface area contributed by atoms with Crippen molar-refractivity contribution in [2.75, 3.05) is 13.3 Å². The molecule has 0 aromatic heterocycles. The molecule has 0 N–H and O–H groups in total. The Balaban J connectivity index is 1.91. The minimum absolute atomic E-state index is 0.294. The SMILES string of the molecule is CO[C@@H]1C/C(=C\CP(=O)(c2ccccc2)c2ccccc2)C[C@@H](C)C1. The molecule has 1 saturated carbocycles. The highest BCUT2D eigenvalue weighted by Crippen LogP contribution is 2.44. The van der Waals surface area contributed by atoms with E-state index in [9.17, 15) is 4.57 Å². The second-order valence-corrected chi connectivity index (χ2v) is 9.94. The fraction of sp³-hybridized carbons (Fsp3) is 0.364. The summed E-state index contributed by atoms with van der Waals surface area (Å²) in [6, 6.07) is 19.8. The van der Waals surface area contributed by atoms with Crippen LogP contribution in [0, 0.1) is 5.92 Å². The van der Waals surface area contributed by atoms with Crippen molar-refractivity contribution in [3.63, 3.8) is 0 Å². The number of hydrogen-bond acceptors (Lipinski definition) is 2. The van der Waals surface area contributed by atoms with Crippen molar-refractivity contribution in [2.24, 2.45) is 5.92 Å². The summed E-state index contributed by atoms with van der Waals surface area (Å²) >= 11 is 0. The fourth-order valence-corrected chi connectivity index (χ4v) is 6.28. The lowest BCUT2D eigenvalue weighted by atomic mass is 9.85. The maximum absolute atomic E-state index is 14.0. The van der Waals surface area contributed by atoms with E-state index < -0.39 is 7.14 Å². The second kappa shape index (κ2) is 8.17. The highest BCUT2D eigenvalue weighted by Gasteiger charge is 2.27. The number of allylic oxidation sites excluding steroid dienone is 1. The smallest absolute Gasteiger partial charge is 0.146 e. The van der Waals surface area contributed by atoms with Crippen LogP contribution in [0.5, 0.6) is 0 Å². The molecule has 1 fully saturated rings. The molecule has 3 rings (SSSR count). The quantitative estimate of drug-likeness (QED) is 0.571. The van der Waals surface area contributed by atoms with Crippen LogP contribution in [0.25, 0.3) is 0 Å². The van der Waals surface area contributed by atoms with Gasteiger partial charge in [-0.1, -0.05) is 79.2 Å². The van der Waals surface area contributed by atoms with Gasteiger partial charge in [-0.2, -0.15) is 0 Å². The maximum atomic E-state index is 14.0. The summed E-state index contributed by atoms with van der Waals surface area (Å²) in [6.45, 7) is 2.27. The number of benzene rings is 2. The summed E-state index contributed by atoms with van der Waals surface area (Å²) in [7, 11) is -0.865. The van der Waals surface area contributed by atoms with E-state index in [1.54, 1.807) is 7.11 Å². The molecule has 0 heterocycles. The molecular weight excluding hydrogens is 327 g/mol. The highest BCUT2D eigenvalue weighted by atomic mass is 31.2. The van der Waals surface area contributed by atoms with E-state index in [0.29, 0.717) is 18.2 Å². The Kier molecular flexibility index (Phi) is 5.93. The van der Waals surface area contributed by atoms with Crippen molar-refractivity contribution >= 4 is 17.8 Å². The largest absolute Gasteiger partial charge is 0.381 e. The molecule has 2 aromatic carbocycles. The number of ether oxygens (including phenoxy) is 1. The Labute approximate surface area is 151 Å². The van der Waals surface area contributed by atoms with E-state index in [1.165, 1.54) is 5.57 Å². The van der Waals surface area contributed by atoms with Gasteiger partial charge in [-0.05, 0) is 25.2 Å². The van der Waals surface area contributed by atoms with E-state index in [-0.39, 0.29) is 0 Å². The first kappa shape index (κ1) is 18.2. The van der Waals surface area contributed by atoms with Crippen molar-refractivity contribution in [1.29, 1.82) is 0 Å². The van der Waals surface area contributed by atoms with Crippen molar-refractivity contribution < 1.29 is 9.30 Å². The lowest BCUT2D eigenvalue weighted by molar-refractivity contribution is 0.0702. The zero-order chi connectivity index (χ0) is 17.7. The molecule has 2 nitrogen and oxygen atoms in total. The first-order valence-electron chi connectivity index (χ1n) is 9.03. The van der Waals surface area contributed by atoms with Gasteiger partial charge in [0, 0.05) is 23.9 Å². The van der Waals surface area contributed by atoms with Crippen LogP contribution in [0.4, 0.5) is 0 Å². The Morgan fingerprint density at radius 2 is 1.56 bits per heavy atom. The molecule has 2 aromatic rings. The standard InChI is InChI=1S/C22H27O2P/c1-18-15-19(17-20(16-18)24-2)13-14-25(23,21-9-5-3-6-10-21)22-11-7-4-8-12-22/h3-13,18,20H,14-17H2,1-2H3/b19-13-/t18-,20+/m1/s1. The molecule has 0 amide bonds. The summed E-state index contributed by atoms with van der Waals surface area (Å²) in [5, 5.41) is 1.87. The van der Waals surface area contributed by atoms with Crippen molar-refractivity contribution in [3.8, 4) is 0 Å². The molecule has 25 heavy (non-hydrogen) atoms. The zero-order valence-electron chi connectivity index (χ0n) is 15.1. The van der Waals surface area contributed by atoms with Crippen molar-refractivity contribution in [3.05, 3.63) is 72.3 Å². The highest BCUT2D eigenvalue weighted by molar-refractivity contribution is 7.78. The van der Waals surface area contributed by atoms with E-state index in [2.05, 4.69) is 13.0 Å². The molecule has 132 valence electrons. The maximum Gasteiger partial charge on any atom is 0.146 e. The van der Waals surface area contributed by atoms with Gasteiger partial charge in [0.25, 0.3) is 0 Å². The number of methoxy groups -OCH3 is 1. The average molecular weight is 354 g/mol. The van der Waals surface area contributed by atoms with Crippen LogP contribution >= 0.6 is 7.14 Å². The molecule has 0 bridgehead atoms. The van der Waals surface area contributed by atoms with Gasteiger partial charge in [-0.3, -0.25) is 0 Å². The van der Waals surface area contributed by atoms with Gasteiger partial charge in [0.05, 0.1) is 6.10 Å². The minimum Gasteiger partial charge on any atom is -0.381 e. The Hall–Kier alpha value is -1.63. The molecule has 0 spiro atoms. The summed E-state index contributed by atoms with van der Waals surface area (Å²) < 4.78 is 19.6. The molecule has 1 aliphatic carbocycles. The third kappa shape index (κ3) is 4.32. The Morgan fingerprint density at radius 3 is 2.08 bits per heavy atom. The van der Waals surface area contributed by atoms with E-state index in [1.807, 2.05) is 60.7 Å². The van der Waals surface area contributed by atoms with E-state index >= 15 is 0 Å². The predicted molar refractivity (Wildman–Crippen MR) is 107 cm³/mol. The van der Waals surface area contributed by atoms with Gasteiger partial charge in [0.15, 0.2) is 0 Å². The first-order valence-corrected chi connectivity index (χ1v) is 10.9. The average Bonchev–Trinajstić information content (AvgIpc) is 2.67. The lowest BCUT2D eigenvalue weighted by Gasteiger charge is -2.28. The van der Waals surface area contributed by atoms with Crippen LogP contribution in [0.3, 0.4) is 0 Å². The molecule has 2 atom stereocenters. The summed E-state index contributed by atoms with van der Waals surface area (Å²) in [4.78, 5) is 0. The molecule has 0 aliphatic heterocycles. The third-order valence-electron chi connectivity index (χ3n) is 5.08. The monoisotopic (exact) mass is 354 g/mol. The van der Waals surface area contributed by atoms with Crippen LogP contribution in [0.1, 0.15) is 26.2 Å². The molecule has 0 radical (unpaired) electrons. The minimum atomic E-state index is -2.66. The molecule has 0 saturated heterocycles. The third-order valence-corrected chi connectivity index (χ3v) is 8.04. The van der Waals surface area contributed by atoms with Crippen LogP contribution in [0.15, 0.2) is 72.3 Å². The topological polar surface area (TPSA) is 26.3 Å². The predicted octanol–water partition coefficient (Wildman–Crippen LogP) is 4.76. The first-order chi connectivity index (χ1) is 12.1. The fourth-order valence-electron chi connectivity index (χ4n) is 3.74. The molecular formula is C22H27O2P. The summed E-state index contributed by atoms with van der Waals surface area (Å²) in [6.07, 6.45) is 6.27. The number of rotatable bonds is 5. The summed E-state index contributed by atoms with van der Waals surface area (Å²) in [5.74, 6) is 0.623. The van der Waals surface area contributed by atoms with Gasteiger partial charge in [0.2, 0.25) is 0 Å². The van der Waals surface area contributed by atoms with Gasteiger partial charge in [-0.15, -0.1) is 0 Å². The van der Waals surface area contributed by atoms with Crippen LogP contribution < -0.4 is 10.6 Å². The second-order valence-electron chi connectivity index (χ2n) is 7.06. The van der Waals surface area contributed by atoms with Gasteiger partial charge >= 0.3 is 0 Å². The van der Waals surface area contributed by atoms with E-state index in [4.69, 9.17) is 4.74 Å². The zero-order valence-corrected chi connectivity index (χ0v) is 16.0. The van der Waals surface area contributed by atoms with Crippen LogP contribution in [-0.4, -0.2) is 19.4 Å². The van der Waals surface area contributed by atoms with Crippen molar-refractivity contribution in [1.82, 2.24) is 0 Å². The molecule has 1 aliphatic rings. The van der Waals surface area contributed by atoms with E-state index in [0.717, 1.165) is 29.9 Å². The Bertz CT molecular complexity index is 709. The van der Waals surface area contributed by atoms with Gasteiger partial charge in [-0.25, -0.2) is 0 Å². The van der Waals surface area contributed by atoms with Crippen molar-refractivity contribution in [2.45, 2.75) is 32.3 Å². The number of hydrogen-bond donors (Lipinski definition) is 0.